The van der Waals surface area contributed by atoms with Gasteiger partial charge in [0.2, 0.25) is 10.9 Å². The molecule has 138 valence electrons. The van der Waals surface area contributed by atoms with Crippen LogP contribution in [0.4, 0.5) is 5.69 Å². The third-order valence-corrected chi connectivity index (χ3v) is 6.92. The van der Waals surface area contributed by atoms with Crippen LogP contribution < -0.4 is 5.32 Å². The van der Waals surface area contributed by atoms with Crippen molar-refractivity contribution in [2.45, 2.75) is 17.3 Å². The van der Waals surface area contributed by atoms with Crippen molar-refractivity contribution >= 4 is 84.7 Å². The van der Waals surface area contributed by atoms with Crippen LogP contribution in [0.1, 0.15) is 6.92 Å². The maximum atomic E-state index is 12.6. The summed E-state index contributed by atoms with van der Waals surface area (Å²) in [5.74, 6) is -0.225. The molecule has 0 bridgehead atoms. The smallest absolute Gasteiger partial charge is 0.237 e. The number of anilines is 1. The highest BCUT2D eigenvalue weighted by atomic mass is 35.5. The van der Waals surface area contributed by atoms with Gasteiger partial charge < -0.3 is 5.32 Å². The van der Waals surface area contributed by atoms with Crippen molar-refractivity contribution < 1.29 is 4.79 Å². The Bertz CT molecular complexity index is 1170. The minimum Gasteiger partial charge on any atom is -0.324 e. The van der Waals surface area contributed by atoms with E-state index in [9.17, 15) is 4.79 Å². The average Bonchev–Trinajstić information content (AvgIpc) is 3.19. The maximum absolute atomic E-state index is 12.6. The molecule has 5 nitrogen and oxygen atoms in total. The van der Waals surface area contributed by atoms with Gasteiger partial charge in [-0.25, -0.2) is 0 Å². The lowest BCUT2D eigenvalue weighted by molar-refractivity contribution is -0.115. The van der Waals surface area contributed by atoms with E-state index < -0.39 is 5.25 Å². The number of thioether (sulfide) groups is 1. The number of amides is 1. The quantitative estimate of drug-likeness (QED) is 0.300. The number of nitrogens with zero attached hydrogens (tertiary/aromatic N) is 3. The van der Waals surface area contributed by atoms with Crippen LogP contribution in [0.3, 0.4) is 0 Å². The van der Waals surface area contributed by atoms with Gasteiger partial charge in [0.15, 0.2) is 5.16 Å². The predicted molar refractivity (Wildman–Crippen MR) is 114 cm³/mol. The molecule has 4 rings (SSSR count). The number of hydrogen-bond donors (Lipinski definition) is 1. The first-order valence-electron chi connectivity index (χ1n) is 7.79. The number of thiazole rings is 1. The summed E-state index contributed by atoms with van der Waals surface area (Å²) < 4.78 is 3.07. The van der Waals surface area contributed by atoms with Gasteiger partial charge in [-0.2, -0.15) is 0 Å². The van der Waals surface area contributed by atoms with E-state index in [1.165, 1.54) is 23.9 Å². The van der Waals surface area contributed by atoms with E-state index in [4.69, 9.17) is 34.8 Å². The average molecular weight is 458 g/mol. The summed E-state index contributed by atoms with van der Waals surface area (Å²) in [7, 11) is 0. The number of carbonyl (C=O) groups is 1. The molecular weight excluding hydrogens is 447 g/mol. The number of nitrogens with one attached hydrogen (secondary N) is 1. The van der Waals surface area contributed by atoms with Gasteiger partial charge in [-0.15, -0.1) is 10.2 Å². The van der Waals surface area contributed by atoms with E-state index in [2.05, 4.69) is 15.5 Å². The van der Waals surface area contributed by atoms with Crippen LogP contribution in [0.2, 0.25) is 15.1 Å². The SMILES string of the molecule is C[C@@H](Sc1nnc2sc3ccccc3n12)C(=O)Nc1cc(Cl)c(Cl)cc1Cl. The monoisotopic (exact) mass is 456 g/mol. The van der Waals surface area contributed by atoms with Crippen LogP contribution in [0.15, 0.2) is 41.6 Å². The van der Waals surface area contributed by atoms with Crippen molar-refractivity contribution in [3.63, 3.8) is 0 Å². The molecule has 0 saturated heterocycles. The second-order valence-electron chi connectivity index (χ2n) is 5.67. The minimum absolute atomic E-state index is 0.225. The molecule has 10 heteroatoms. The highest BCUT2D eigenvalue weighted by molar-refractivity contribution is 8.00. The van der Waals surface area contributed by atoms with E-state index in [-0.39, 0.29) is 5.91 Å². The molecule has 27 heavy (non-hydrogen) atoms. The van der Waals surface area contributed by atoms with E-state index in [0.29, 0.717) is 25.9 Å². The summed E-state index contributed by atoms with van der Waals surface area (Å²) in [5.41, 5.74) is 1.43. The molecule has 0 saturated carbocycles. The molecule has 2 heterocycles. The molecule has 1 N–H and O–H groups in total. The molecule has 1 atom stereocenters. The summed E-state index contributed by atoms with van der Waals surface area (Å²) in [6, 6.07) is 11.0. The molecule has 0 unspecified atom stereocenters. The Hall–Kier alpha value is -1.51. The maximum Gasteiger partial charge on any atom is 0.237 e. The zero-order valence-corrected chi connectivity index (χ0v) is 17.6. The van der Waals surface area contributed by atoms with Crippen LogP contribution in [0.25, 0.3) is 15.2 Å². The van der Waals surface area contributed by atoms with Gasteiger partial charge >= 0.3 is 0 Å². The molecular formula is C17H11Cl3N4OS2. The number of aromatic nitrogens is 3. The van der Waals surface area contributed by atoms with Gasteiger partial charge in [0, 0.05) is 0 Å². The first-order valence-corrected chi connectivity index (χ1v) is 10.6. The Morgan fingerprint density at radius 2 is 1.89 bits per heavy atom. The van der Waals surface area contributed by atoms with Gasteiger partial charge in [-0.1, -0.05) is 70.0 Å². The fourth-order valence-corrected chi connectivity index (χ4v) is 4.97. The van der Waals surface area contributed by atoms with Crippen molar-refractivity contribution in [2.24, 2.45) is 0 Å². The zero-order valence-electron chi connectivity index (χ0n) is 13.7. The number of rotatable bonds is 4. The molecule has 4 aromatic rings. The number of para-hydroxylation sites is 1. The van der Waals surface area contributed by atoms with E-state index in [1.807, 2.05) is 28.7 Å². The normalized spacial score (nSPS) is 12.6. The summed E-state index contributed by atoms with van der Waals surface area (Å²) in [4.78, 5) is 13.4. The zero-order chi connectivity index (χ0) is 19.1. The van der Waals surface area contributed by atoms with Crippen molar-refractivity contribution in [1.82, 2.24) is 14.6 Å². The highest BCUT2D eigenvalue weighted by Crippen LogP contribution is 2.34. The summed E-state index contributed by atoms with van der Waals surface area (Å²) in [5, 5.41) is 12.4. The molecule has 0 aliphatic heterocycles. The third-order valence-electron chi connectivity index (χ3n) is 3.83. The van der Waals surface area contributed by atoms with Gasteiger partial charge in [-0.05, 0) is 31.2 Å². The first-order chi connectivity index (χ1) is 12.9. The van der Waals surface area contributed by atoms with Crippen LogP contribution in [0, 0.1) is 0 Å². The third kappa shape index (κ3) is 3.62. The minimum atomic E-state index is -0.429. The first kappa shape index (κ1) is 18.8. The lowest BCUT2D eigenvalue weighted by Gasteiger charge is -2.12. The number of benzene rings is 2. The largest absolute Gasteiger partial charge is 0.324 e. The number of hydrogen-bond acceptors (Lipinski definition) is 5. The van der Waals surface area contributed by atoms with Gasteiger partial charge in [0.25, 0.3) is 0 Å². The Balaban J connectivity index is 1.57. The Kier molecular flexibility index (Phi) is 5.22. The Labute approximate surface area is 177 Å². The molecule has 0 radical (unpaired) electrons. The van der Waals surface area contributed by atoms with Crippen LogP contribution >= 0.6 is 57.9 Å². The van der Waals surface area contributed by atoms with Crippen molar-refractivity contribution in [2.75, 3.05) is 5.32 Å². The molecule has 0 spiro atoms. The molecule has 0 fully saturated rings. The number of fused-ring (bicyclic) bond motifs is 3. The topological polar surface area (TPSA) is 59.3 Å². The second-order valence-corrected chi connectivity index (χ2v) is 9.20. The van der Waals surface area contributed by atoms with E-state index >= 15 is 0 Å². The molecule has 0 aliphatic rings. The van der Waals surface area contributed by atoms with Gasteiger partial charge in [0.05, 0.1) is 36.2 Å². The fourth-order valence-electron chi connectivity index (χ4n) is 2.50. The van der Waals surface area contributed by atoms with Crippen molar-refractivity contribution in [3.8, 4) is 0 Å². The van der Waals surface area contributed by atoms with Crippen LogP contribution in [0.5, 0.6) is 0 Å². The molecule has 0 aliphatic carbocycles. The Morgan fingerprint density at radius 3 is 2.70 bits per heavy atom. The van der Waals surface area contributed by atoms with Gasteiger partial charge in [-0.3, -0.25) is 9.20 Å². The number of halogens is 3. The summed E-state index contributed by atoms with van der Waals surface area (Å²) >= 11 is 20.9. The van der Waals surface area contributed by atoms with Crippen molar-refractivity contribution in [3.05, 3.63) is 51.5 Å². The predicted octanol–water partition coefficient (Wildman–Crippen LogP) is 6.02. The van der Waals surface area contributed by atoms with E-state index in [1.54, 1.807) is 18.3 Å². The molecule has 2 aromatic carbocycles. The lowest BCUT2D eigenvalue weighted by Crippen LogP contribution is -2.22. The van der Waals surface area contributed by atoms with Crippen LogP contribution in [-0.2, 0) is 4.79 Å². The molecule has 1 amide bonds. The second kappa shape index (κ2) is 7.48. The molecule has 2 aromatic heterocycles. The standard InChI is InChI=1S/C17H11Cl3N4OS2/c1-8(15(25)21-12-7-10(19)9(18)6-11(12)20)26-16-22-23-17-24(16)13-4-2-3-5-14(13)27-17/h2-8H,1H3,(H,21,25)/t8-/m1/s1. The summed E-state index contributed by atoms with van der Waals surface area (Å²) in [6.45, 7) is 1.79. The van der Waals surface area contributed by atoms with Crippen molar-refractivity contribution in [1.29, 1.82) is 0 Å². The fraction of sp³-hybridized carbons (Fsp3) is 0.118. The summed E-state index contributed by atoms with van der Waals surface area (Å²) in [6.07, 6.45) is 0. The van der Waals surface area contributed by atoms with E-state index in [0.717, 1.165) is 15.2 Å². The Morgan fingerprint density at radius 1 is 1.15 bits per heavy atom. The van der Waals surface area contributed by atoms with Crippen LogP contribution in [-0.4, -0.2) is 25.8 Å². The lowest BCUT2D eigenvalue weighted by atomic mass is 10.3. The number of carbonyl (C=O) groups excluding carboxylic acids is 1. The van der Waals surface area contributed by atoms with Gasteiger partial charge in [0.1, 0.15) is 0 Å². The highest BCUT2D eigenvalue weighted by Gasteiger charge is 2.21.